The van der Waals surface area contributed by atoms with E-state index in [2.05, 4.69) is 25.9 Å². The van der Waals surface area contributed by atoms with Crippen molar-refractivity contribution < 1.29 is 23.1 Å². The molecule has 4 aromatic carbocycles. The number of aromatic amines is 1. The maximum atomic E-state index is 14.2. The van der Waals surface area contributed by atoms with Crippen LogP contribution in [0.2, 0.25) is 5.02 Å². The summed E-state index contributed by atoms with van der Waals surface area (Å²) in [7, 11) is -4.29. The van der Waals surface area contributed by atoms with Gasteiger partial charge in [-0.2, -0.15) is 9.52 Å². The van der Waals surface area contributed by atoms with Crippen molar-refractivity contribution in [1.29, 1.82) is 0 Å². The van der Waals surface area contributed by atoms with Crippen LogP contribution in [-0.2, 0) is 14.8 Å². The summed E-state index contributed by atoms with van der Waals surface area (Å²) >= 11 is 6.01. The molecule has 11 nitrogen and oxygen atoms in total. The minimum Gasteiger partial charge on any atom is -0.480 e. The first kappa shape index (κ1) is 29.3. The van der Waals surface area contributed by atoms with E-state index in [0.29, 0.717) is 22.1 Å². The first-order valence-corrected chi connectivity index (χ1v) is 15.5. The van der Waals surface area contributed by atoms with Gasteiger partial charge in [-0.1, -0.05) is 71.3 Å². The average Bonchev–Trinajstić information content (AvgIpc) is 3.57. The second-order valence-electron chi connectivity index (χ2n) is 10.2. The third-order valence-corrected chi connectivity index (χ3v) is 9.76. The number of carboxylic acid groups (broad SMARTS) is 1. The Labute approximate surface area is 258 Å². The molecule has 3 N–H and O–H groups in total. The third kappa shape index (κ3) is 5.87. The van der Waals surface area contributed by atoms with E-state index < -0.39 is 27.4 Å². The number of ether oxygens (including phenoxy) is 1. The molecule has 1 aliphatic rings. The highest BCUT2D eigenvalue weighted by molar-refractivity contribution is 7.89. The number of anilines is 1. The summed E-state index contributed by atoms with van der Waals surface area (Å²) in [6.07, 6.45) is 0.0847. The highest BCUT2D eigenvalue weighted by Crippen LogP contribution is 2.57. The maximum absolute atomic E-state index is 14.2. The molecule has 0 bridgehead atoms. The van der Waals surface area contributed by atoms with Crippen LogP contribution in [0.25, 0.3) is 11.1 Å². The fourth-order valence-corrected chi connectivity index (χ4v) is 7.21. The molecular weight excluding hydrogens is 604 g/mol. The number of carboxylic acids is 1. The molecule has 1 aromatic heterocycles. The minimum atomic E-state index is -4.29. The number of hydrogen-bond acceptors (Lipinski definition) is 8. The summed E-state index contributed by atoms with van der Waals surface area (Å²) in [5.41, 5.74) is 0.586. The largest absolute Gasteiger partial charge is 0.480 e. The first-order valence-electron chi connectivity index (χ1n) is 13.7. The summed E-state index contributed by atoms with van der Waals surface area (Å²) < 4.78 is 35.5. The Bertz CT molecular complexity index is 1860. The monoisotopic (exact) mass is 630 g/mol. The van der Waals surface area contributed by atoms with E-state index >= 15 is 0 Å². The van der Waals surface area contributed by atoms with Crippen LogP contribution in [0.15, 0.2) is 108 Å². The van der Waals surface area contributed by atoms with E-state index in [1.54, 1.807) is 48.5 Å². The Balaban J connectivity index is 1.32. The Morgan fingerprint density at radius 2 is 1.66 bits per heavy atom. The Kier molecular flexibility index (Phi) is 8.04. The van der Waals surface area contributed by atoms with Crippen LogP contribution in [0, 0.1) is 0 Å². The summed E-state index contributed by atoms with van der Waals surface area (Å²) in [5, 5.41) is 27.6. The number of hydrogen-bond donors (Lipinski definition) is 3. The lowest BCUT2D eigenvalue weighted by molar-refractivity contribution is -0.143. The number of para-hydroxylation sites is 1. The molecule has 5 aromatic rings. The van der Waals surface area contributed by atoms with Gasteiger partial charge >= 0.3 is 5.97 Å². The van der Waals surface area contributed by atoms with E-state index in [1.807, 2.05) is 42.5 Å². The van der Waals surface area contributed by atoms with Crippen molar-refractivity contribution in [3.8, 4) is 22.6 Å². The summed E-state index contributed by atoms with van der Waals surface area (Å²) in [5.74, 6) is -0.544. The lowest BCUT2D eigenvalue weighted by Crippen LogP contribution is -2.50. The smallest absolute Gasteiger partial charge is 0.325 e. The average molecular weight is 631 g/mol. The number of aliphatic carboxylic acids is 1. The standard InChI is InChI=1S/C31H27ClN6O5S/c32-24-13-9-21(10-14-24)22-11-15-27(16-12-22)44(41,42)38(18-17-33-30-34-36-37-35-30)31(29(39)40)20-28(31)23-5-4-8-26(19-23)43-25-6-2-1-3-7-25/h1-16,19,28H,17-18,20H2,(H,39,40)(H2,33,34,35,36,37)/t28-,31+/m0/s1. The number of nitrogens with one attached hydrogen (secondary N) is 2. The van der Waals surface area contributed by atoms with Gasteiger partial charge < -0.3 is 15.2 Å². The van der Waals surface area contributed by atoms with Crippen LogP contribution in [0.3, 0.4) is 0 Å². The molecule has 0 spiro atoms. The van der Waals surface area contributed by atoms with Crippen LogP contribution in [0.1, 0.15) is 17.9 Å². The van der Waals surface area contributed by atoms with E-state index in [9.17, 15) is 18.3 Å². The Hall–Kier alpha value is -4.78. The number of carbonyl (C=O) groups is 1. The quantitative estimate of drug-likeness (QED) is 0.164. The van der Waals surface area contributed by atoms with Crippen LogP contribution in [0.4, 0.5) is 5.95 Å². The predicted octanol–water partition coefficient (Wildman–Crippen LogP) is 5.43. The fourth-order valence-electron chi connectivity index (χ4n) is 5.31. The van der Waals surface area contributed by atoms with Crippen LogP contribution < -0.4 is 10.1 Å². The summed E-state index contributed by atoms with van der Waals surface area (Å²) in [6.45, 7) is -0.126. The van der Waals surface area contributed by atoms with Gasteiger partial charge in [-0.15, -0.1) is 5.10 Å². The van der Waals surface area contributed by atoms with E-state index in [1.165, 1.54) is 12.1 Å². The third-order valence-electron chi connectivity index (χ3n) is 7.55. The van der Waals surface area contributed by atoms with Gasteiger partial charge in [0.1, 0.15) is 17.0 Å². The lowest BCUT2D eigenvalue weighted by atomic mass is 10.1. The zero-order valence-electron chi connectivity index (χ0n) is 23.2. The van der Waals surface area contributed by atoms with Gasteiger partial charge in [-0.3, -0.25) is 4.79 Å². The molecule has 0 radical (unpaired) electrons. The number of rotatable bonds is 12. The molecule has 224 valence electrons. The molecule has 1 saturated carbocycles. The molecule has 0 unspecified atom stereocenters. The summed E-state index contributed by atoms with van der Waals surface area (Å²) in [4.78, 5) is 13.0. The van der Waals surface area contributed by atoms with Crippen molar-refractivity contribution in [2.75, 3.05) is 18.4 Å². The van der Waals surface area contributed by atoms with Crippen LogP contribution in [-0.4, -0.2) is 63.1 Å². The van der Waals surface area contributed by atoms with Crippen molar-refractivity contribution in [3.63, 3.8) is 0 Å². The van der Waals surface area contributed by atoms with Gasteiger partial charge in [0.05, 0.1) is 4.90 Å². The molecule has 1 aliphatic carbocycles. The molecule has 0 saturated heterocycles. The lowest BCUT2D eigenvalue weighted by Gasteiger charge is -2.29. The Morgan fingerprint density at radius 1 is 0.977 bits per heavy atom. The zero-order valence-corrected chi connectivity index (χ0v) is 24.7. The van der Waals surface area contributed by atoms with E-state index in [4.69, 9.17) is 16.3 Å². The minimum absolute atomic E-state index is 0.0257. The number of tetrazole rings is 1. The highest BCUT2D eigenvalue weighted by atomic mass is 35.5. The van der Waals surface area contributed by atoms with Crippen molar-refractivity contribution >= 4 is 33.5 Å². The molecule has 0 aliphatic heterocycles. The topological polar surface area (TPSA) is 150 Å². The normalized spacial score (nSPS) is 17.7. The molecule has 1 heterocycles. The number of benzene rings is 4. The van der Waals surface area contributed by atoms with E-state index in [-0.39, 0.29) is 30.4 Å². The highest BCUT2D eigenvalue weighted by Gasteiger charge is 2.67. The van der Waals surface area contributed by atoms with Crippen molar-refractivity contribution in [1.82, 2.24) is 24.9 Å². The number of H-pyrrole nitrogens is 1. The molecule has 6 rings (SSSR count). The van der Waals surface area contributed by atoms with Crippen LogP contribution in [0.5, 0.6) is 11.5 Å². The molecule has 2 atom stereocenters. The molecule has 0 amide bonds. The summed E-state index contributed by atoms with van der Waals surface area (Å²) in [6, 6.07) is 29.8. The second-order valence-corrected chi connectivity index (χ2v) is 12.5. The van der Waals surface area contributed by atoms with Crippen molar-refractivity contribution in [2.24, 2.45) is 0 Å². The predicted molar refractivity (Wildman–Crippen MR) is 164 cm³/mol. The molecular formula is C31H27ClN6O5S. The van der Waals surface area contributed by atoms with Gasteiger partial charge in [0.15, 0.2) is 0 Å². The second kappa shape index (κ2) is 12.1. The van der Waals surface area contributed by atoms with Crippen LogP contribution >= 0.6 is 11.6 Å². The zero-order chi connectivity index (χ0) is 30.7. The first-order chi connectivity index (χ1) is 21.3. The fraction of sp³-hybridized carbons (Fsp3) is 0.161. The van der Waals surface area contributed by atoms with Gasteiger partial charge in [-0.05, 0) is 76.9 Å². The molecule has 44 heavy (non-hydrogen) atoms. The molecule has 13 heteroatoms. The number of nitrogens with zero attached hydrogens (tertiary/aromatic N) is 4. The number of sulfonamides is 1. The van der Waals surface area contributed by atoms with Gasteiger partial charge in [0.2, 0.25) is 10.0 Å². The van der Waals surface area contributed by atoms with E-state index in [0.717, 1.165) is 15.4 Å². The van der Waals surface area contributed by atoms with Crippen molar-refractivity contribution in [3.05, 3.63) is 114 Å². The van der Waals surface area contributed by atoms with Gasteiger partial charge in [0.25, 0.3) is 5.95 Å². The maximum Gasteiger partial charge on any atom is 0.325 e. The SMILES string of the molecule is O=C(O)[C@@]1(N(CCNc2nn[nH]n2)S(=O)(=O)c2ccc(-c3ccc(Cl)cc3)cc2)C[C@H]1c1cccc(Oc2ccccc2)c1. The number of halogens is 1. The molecule has 1 fully saturated rings. The van der Waals surface area contributed by atoms with Gasteiger partial charge in [-0.25, -0.2) is 8.42 Å². The van der Waals surface area contributed by atoms with Crippen molar-refractivity contribution in [2.45, 2.75) is 22.8 Å². The van der Waals surface area contributed by atoms with Gasteiger partial charge in [0, 0.05) is 24.0 Å². The Morgan fingerprint density at radius 3 is 2.32 bits per heavy atom. The number of aromatic nitrogens is 4.